The van der Waals surface area contributed by atoms with Gasteiger partial charge in [0, 0.05) is 4.47 Å². The molecule has 1 unspecified atom stereocenters. The molecule has 0 amide bonds. The standard InChI is InChI=1S/C16H17BrClNO/c1-10(2)20-13-6-3-11(4-7-13)16(19)12-5-8-14(17)15(18)9-12/h3-10,16H,19H2,1-2H3. The van der Waals surface area contributed by atoms with Crippen molar-refractivity contribution in [2.75, 3.05) is 0 Å². The van der Waals surface area contributed by atoms with Crippen molar-refractivity contribution >= 4 is 27.5 Å². The van der Waals surface area contributed by atoms with Crippen LogP contribution < -0.4 is 10.5 Å². The lowest BCUT2D eigenvalue weighted by molar-refractivity contribution is 0.242. The third kappa shape index (κ3) is 3.75. The minimum atomic E-state index is -0.200. The summed E-state index contributed by atoms with van der Waals surface area (Å²) in [6, 6.07) is 13.4. The first-order valence-electron chi connectivity index (χ1n) is 6.44. The summed E-state index contributed by atoms with van der Waals surface area (Å²) in [6.45, 7) is 4.01. The van der Waals surface area contributed by atoms with Crippen molar-refractivity contribution in [1.82, 2.24) is 0 Å². The summed E-state index contributed by atoms with van der Waals surface area (Å²) in [5, 5.41) is 0.665. The van der Waals surface area contributed by atoms with Crippen LogP contribution in [0.2, 0.25) is 5.02 Å². The van der Waals surface area contributed by atoms with Gasteiger partial charge in [-0.3, -0.25) is 0 Å². The predicted molar refractivity (Wildman–Crippen MR) is 87.4 cm³/mol. The van der Waals surface area contributed by atoms with E-state index in [1.54, 1.807) is 0 Å². The maximum Gasteiger partial charge on any atom is 0.119 e. The van der Waals surface area contributed by atoms with Crippen LogP contribution in [0.5, 0.6) is 5.75 Å². The number of ether oxygens (including phenoxy) is 1. The first-order chi connectivity index (χ1) is 9.47. The van der Waals surface area contributed by atoms with Crippen LogP contribution in [0.3, 0.4) is 0 Å². The first-order valence-corrected chi connectivity index (χ1v) is 7.61. The second-order valence-corrected chi connectivity index (χ2v) is 6.15. The van der Waals surface area contributed by atoms with Gasteiger partial charge in [-0.15, -0.1) is 0 Å². The Morgan fingerprint density at radius 1 is 1.05 bits per heavy atom. The fourth-order valence-corrected chi connectivity index (χ4v) is 2.36. The fraction of sp³-hybridized carbons (Fsp3) is 0.250. The Kier molecular flexibility index (Phi) is 5.08. The van der Waals surface area contributed by atoms with Crippen molar-refractivity contribution < 1.29 is 4.74 Å². The lowest BCUT2D eigenvalue weighted by Crippen LogP contribution is -2.12. The van der Waals surface area contributed by atoms with Gasteiger partial charge in [0.15, 0.2) is 0 Å². The molecule has 2 aromatic rings. The SMILES string of the molecule is CC(C)Oc1ccc(C(N)c2ccc(Br)c(Cl)c2)cc1. The van der Waals surface area contributed by atoms with E-state index in [9.17, 15) is 0 Å². The summed E-state index contributed by atoms with van der Waals surface area (Å²) >= 11 is 9.48. The predicted octanol–water partition coefficient (Wildman–Crippen LogP) is 4.94. The number of rotatable bonds is 4. The Labute approximate surface area is 133 Å². The molecule has 2 nitrogen and oxygen atoms in total. The fourth-order valence-electron chi connectivity index (χ4n) is 1.92. The van der Waals surface area contributed by atoms with Gasteiger partial charge in [0.1, 0.15) is 5.75 Å². The van der Waals surface area contributed by atoms with E-state index in [0.29, 0.717) is 5.02 Å². The van der Waals surface area contributed by atoms with Crippen molar-refractivity contribution in [2.24, 2.45) is 5.73 Å². The Morgan fingerprint density at radius 2 is 1.65 bits per heavy atom. The maximum atomic E-state index is 6.27. The van der Waals surface area contributed by atoms with Gasteiger partial charge < -0.3 is 10.5 Å². The molecule has 4 heteroatoms. The molecule has 0 aliphatic rings. The molecule has 0 radical (unpaired) electrons. The smallest absolute Gasteiger partial charge is 0.119 e. The second kappa shape index (κ2) is 6.61. The van der Waals surface area contributed by atoms with Crippen molar-refractivity contribution in [3.63, 3.8) is 0 Å². The summed E-state index contributed by atoms with van der Waals surface area (Å²) in [5.41, 5.74) is 8.28. The van der Waals surface area contributed by atoms with Crippen LogP contribution in [0.25, 0.3) is 0 Å². The van der Waals surface area contributed by atoms with Crippen molar-refractivity contribution in [3.8, 4) is 5.75 Å². The van der Waals surface area contributed by atoms with Crippen LogP contribution in [-0.4, -0.2) is 6.10 Å². The van der Waals surface area contributed by atoms with E-state index < -0.39 is 0 Å². The summed E-state index contributed by atoms with van der Waals surface area (Å²) in [4.78, 5) is 0. The van der Waals surface area contributed by atoms with Gasteiger partial charge in [-0.05, 0) is 65.2 Å². The normalized spacial score (nSPS) is 12.5. The zero-order valence-corrected chi connectivity index (χ0v) is 13.8. The van der Waals surface area contributed by atoms with Gasteiger partial charge in [-0.2, -0.15) is 0 Å². The molecule has 0 aliphatic carbocycles. The number of nitrogens with two attached hydrogens (primary N) is 1. The average Bonchev–Trinajstić information content (AvgIpc) is 2.41. The van der Waals surface area contributed by atoms with Gasteiger partial charge in [-0.25, -0.2) is 0 Å². The lowest BCUT2D eigenvalue weighted by Gasteiger charge is -2.15. The van der Waals surface area contributed by atoms with Crippen molar-refractivity contribution in [2.45, 2.75) is 26.0 Å². The molecule has 0 spiro atoms. The lowest BCUT2D eigenvalue weighted by atomic mass is 10.00. The molecule has 2 N–H and O–H groups in total. The largest absolute Gasteiger partial charge is 0.491 e. The van der Waals surface area contributed by atoms with E-state index in [4.69, 9.17) is 22.1 Å². The molecule has 2 rings (SSSR count). The van der Waals surface area contributed by atoms with E-state index in [-0.39, 0.29) is 12.1 Å². The second-order valence-electron chi connectivity index (χ2n) is 4.89. The molecule has 0 aromatic heterocycles. The van der Waals surface area contributed by atoms with Gasteiger partial charge in [0.05, 0.1) is 17.2 Å². The summed E-state index contributed by atoms with van der Waals surface area (Å²) < 4.78 is 6.49. The molecule has 0 heterocycles. The number of hydrogen-bond donors (Lipinski definition) is 1. The molecule has 0 bridgehead atoms. The van der Waals surface area contributed by atoms with Gasteiger partial charge in [0.2, 0.25) is 0 Å². The molecule has 20 heavy (non-hydrogen) atoms. The van der Waals surface area contributed by atoms with Crippen LogP contribution >= 0.6 is 27.5 Å². The Morgan fingerprint density at radius 3 is 2.20 bits per heavy atom. The van der Waals surface area contributed by atoms with Crippen molar-refractivity contribution in [1.29, 1.82) is 0 Å². The summed E-state index contributed by atoms with van der Waals surface area (Å²) in [6.07, 6.45) is 0.166. The Balaban J connectivity index is 2.20. The first kappa shape index (κ1) is 15.4. The van der Waals surface area contributed by atoms with E-state index >= 15 is 0 Å². The highest BCUT2D eigenvalue weighted by molar-refractivity contribution is 9.10. The van der Waals surface area contributed by atoms with Crippen LogP contribution in [0, 0.1) is 0 Å². The number of hydrogen-bond acceptors (Lipinski definition) is 2. The van der Waals surface area contributed by atoms with Gasteiger partial charge in [0.25, 0.3) is 0 Å². The molecular weight excluding hydrogens is 338 g/mol. The topological polar surface area (TPSA) is 35.2 Å². The number of benzene rings is 2. The third-order valence-corrected chi connectivity index (χ3v) is 4.15. The molecule has 0 fully saturated rings. The molecule has 0 aliphatic heterocycles. The highest BCUT2D eigenvalue weighted by Crippen LogP contribution is 2.28. The molecule has 0 saturated carbocycles. The van der Waals surface area contributed by atoms with Crippen LogP contribution in [0.1, 0.15) is 31.0 Å². The highest BCUT2D eigenvalue weighted by Gasteiger charge is 2.11. The van der Waals surface area contributed by atoms with Crippen LogP contribution in [0.15, 0.2) is 46.9 Å². The third-order valence-electron chi connectivity index (χ3n) is 2.91. The average molecular weight is 355 g/mol. The van der Waals surface area contributed by atoms with E-state index in [0.717, 1.165) is 21.3 Å². The zero-order chi connectivity index (χ0) is 14.7. The summed E-state index contributed by atoms with van der Waals surface area (Å²) in [7, 11) is 0. The summed E-state index contributed by atoms with van der Waals surface area (Å²) in [5.74, 6) is 0.852. The molecule has 2 aromatic carbocycles. The molecular formula is C16H17BrClNO. The van der Waals surface area contributed by atoms with E-state index in [1.807, 2.05) is 56.3 Å². The molecule has 1 atom stereocenters. The molecule has 0 saturated heterocycles. The highest BCUT2D eigenvalue weighted by atomic mass is 79.9. The van der Waals surface area contributed by atoms with Crippen molar-refractivity contribution in [3.05, 3.63) is 63.1 Å². The Bertz CT molecular complexity index is 584. The quantitative estimate of drug-likeness (QED) is 0.844. The maximum absolute atomic E-state index is 6.27. The monoisotopic (exact) mass is 353 g/mol. The van der Waals surface area contributed by atoms with Gasteiger partial charge in [-0.1, -0.05) is 29.8 Å². The van der Waals surface area contributed by atoms with E-state index in [2.05, 4.69) is 15.9 Å². The zero-order valence-electron chi connectivity index (χ0n) is 11.4. The van der Waals surface area contributed by atoms with Crippen LogP contribution in [0.4, 0.5) is 0 Å². The minimum absolute atomic E-state index is 0.166. The Hall–Kier alpha value is -1.03. The molecule has 106 valence electrons. The number of halogens is 2. The van der Waals surface area contributed by atoms with E-state index in [1.165, 1.54) is 0 Å². The minimum Gasteiger partial charge on any atom is -0.491 e. The van der Waals surface area contributed by atoms with Crippen LogP contribution in [-0.2, 0) is 0 Å². The van der Waals surface area contributed by atoms with Gasteiger partial charge >= 0.3 is 0 Å².